The Morgan fingerprint density at radius 2 is 1.74 bits per heavy atom. The summed E-state index contributed by atoms with van der Waals surface area (Å²) >= 11 is 6.26. The average molecular weight is 483 g/mol. The molecule has 0 radical (unpaired) electrons. The van der Waals surface area contributed by atoms with Gasteiger partial charge in [-0.3, -0.25) is 9.59 Å². The number of piperazine rings is 1. The number of carbonyl (C=O) groups is 2. The highest BCUT2D eigenvalue weighted by Gasteiger charge is 2.28. The van der Waals surface area contributed by atoms with Crippen LogP contribution in [0.4, 0.5) is 4.39 Å². The quantitative estimate of drug-likeness (QED) is 0.614. The molecule has 2 fully saturated rings. The summed E-state index contributed by atoms with van der Waals surface area (Å²) in [7, 11) is 0. The molecule has 0 saturated carbocycles. The van der Waals surface area contributed by atoms with Crippen molar-refractivity contribution >= 4 is 34.3 Å². The average Bonchev–Trinajstić information content (AvgIpc) is 3.21. The minimum Gasteiger partial charge on any atom is -0.339 e. The predicted molar refractivity (Wildman–Crippen MR) is 131 cm³/mol. The number of halogens is 2. The van der Waals surface area contributed by atoms with E-state index < -0.39 is 0 Å². The highest BCUT2D eigenvalue weighted by Crippen LogP contribution is 2.32. The lowest BCUT2D eigenvalue weighted by Gasteiger charge is -2.32. The lowest BCUT2D eigenvalue weighted by Crippen LogP contribution is -2.47. The third-order valence-electron chi connectivity index (χ3n) is 6.98. The van der Waals surface area contributed by atoms with Crippen molar-refractivity contribution in [1.29, 1.82) is 0 Å². The summed E-state index contributed by atoms with van der Waals surface area (Å²) in [6, 6.07) is 12.3. The summed E-state index contributed by atoms with van der Waals surface area (Å²) in [5.74, 6) is -0.0980. The minimum atomic E-state index is -0.179. The number of hydrogen-bond donors (Lipinski definition) is 1. The molecule has 6 nitrogen and oxygen atoms in total. The number of fused-ring (bicyclic) bond motifs is 1. The van der Waals surface area contributed by atoms with Crippen LogP contribution in [0.3, 0.4) is 0 Å². The van der Waals surface area contributed by atoms with E-state index in [-0.39, 0.29) is 30.1 Å². The standard InChI is InChI=1S/C26H28ClFN4O2/c27-19-5-6-21-22(16-32(24(21)15-19)17-25(33)30-13-9-29-10-14-30)26(34)31-11-7-18(8-12-31)20-3-1-2-4-23(20)28/h1-6,15-16,18,29H,7-14,17H2. The van der Waals surface area contributed by atoms with Crippen molar-refractivity contribution in [2.45, 2.75) is 25.3 Å². The highest BCUT2D eigenvalue weighted by molar-refractivity contribution is 6.31. The molecule has 1 aromatic heterocycles. The van der Waals surface area contributed by atoms with Gasteiger partial charge in [0.25, 0.3) is 5.91 Å². The van der Waals surface area contributed by atoms with Gasteiger partial charge < -0.3 is 19.7 Å². The van der Waals surface area contributed by atoms with Gasteiger partial charge in [0.15, 0.2) is 0 Å². The van der Waals surface area contributed by atoms with Gasteiger partial charge in [-0.15, -0.1) is 0 Å². The number of likely N-dealkylation sites (tertiary alicyclic amines) is 1. The molecule has 1 N–H and O–H groups in total. The number of nitrogens with zero attached hydrogens (tertiary/aromatic N) is 3. The maximum Gasteiger partial charge on any atom is 0.256 e. The zero-order chi connectivity index (χ0) is 23.7. The molecule has 0 atom stereocenters. The van der Waals surface area contributed by atoms with Gasteiger partial charge in [0.05, 0.1) is 11.1 Å². The summed E-state index contributed by atoms with van der Waals surface area (Å²) in [5.41, 5.74) is 2.08. The molecule has 178 valence electrons. The third-order valence-corrected chi connectivity index (χ3v) is 7.21. The molecule has 0 aliphatic carbocycles. The first kappa shape index (κ1) is 22.9. The molecule has 3 heterocycles. The van der Waals surface area contributed by atoms with Crippen LogP contribution >= 0.6 is 11.6 Å². The predicted octanol–water partition coefficient (Wildman–Crippen LogP) is 3.89. The van der Waals surface area contributed by atoms with Crippen LogP contribution in [-0.4, -0.2) is 65.4 Å². The fourth-order valence-electron chi connectivity index (χ4n) is 5.10. The first-order valence-corrected chi connectivity index (χ1v) is 12.2. The molecule has 2 amide bonds. The van der Waals surface area contributed by atoms with E-state index in [9.17, 15) is 14.0 Å². The second-order valence-corrected chi connectivity index (χ2v) is 9.49. The molecule has 34 heavy (non-hydrogen) atoms. The Bertz CT molecular complexity index is 1210. The fraction of sp³-hybridized carbons (Fsp3) is 0.385. The van der Waals surface area contributed by atoms with E-state index in [0.717, 1.165) is 42.4 Å². The number of aromatic nitrogens is 1. The van der Waals surface area contributed by atoms with Gasteiger partial charge in [-0.25, -0.2) is 4.39 Å². The topological polar surface area (TPSA) is 57.6 Å². The van der Waals surface area contributed by atoms with Crippen LogP contribution in [0.25, 0.3) is 10.9 Å². The van der Waals surface area contributed by atoms with Crippen molar-refractivity contribution in [3.05, 3.63) is 70.6 Å². The van der Waals surface area contributed by atoms with E-state index >= 15 is 0 Å². The zero-order valence-electron chi connectivity index (χ0n) is 19.0. The largest absolute Gasteiger partial charge is 0.339 e. The Morgan fingerprint density at radius 1 is 1.00 bits per heavy atom. The number of rotatable bonds is 4. The van der Waals surface area contributed by atoms with Crippen molar-refractivity contribution in [2.24, 2.45) is 0 Å². The van der Waals surface area contributed by atoms with Gasteiger partial charge in [-0.05, 0) is 42.5 Å². The summed E-state index contributed by atoms with van der Waals surface area (Å²) in [5, 5.41) is 4.61. The molecule has 5 rings (SSSR count). The van der Waals surface area contributed by atoms with Crippen molar-refractivity contribution in [3.8, 4) is 0 Å². The molecule has 0 unspecified atom stereocenters. The molecule has 2 saturated heterocycles. The first-order valence-electron chi connectivity index (χ1n) is 11.8. The maximum atomic E-state index is 14.2. The maximum absolute atomic E-state index is 14.2. The lowest BCUT2D eigenvalue weighted by atomic mass is 9.89. The zero-order valence-corrected chi connectivity index (χ0v) is 19.7. The van der Waals surface area contributed by atoms with Crippen LogP contribution in [0.5, 0.6) is 0 Å². The normalized spacial score (nSPS) is 17.4. The van der Waals surface area contributed by atoms with E-state index in [1.807, 2.05) is 38.6 Å². The summed E-state index contributed by atoms with van der Waals surface area (Å²) < 4.78 is 16.1. The monoisotopic (exact) mass is 482 g/mol. The Kier molecular flexibility index (Phi) is 6.57. The number of nitrogens with one attached hydrogen (secondary N) is 1. The van der Waals surface area contributed by atoms with Gasteiger partial charge in [-0.1, -0.05) is 35.9 Å². The molecule has 2 aromatic carbocycles. The number of carbonyl (C=O) groups excluding carboxylic acids is 2. The van der Waals surface area contributed by atoms with Crippen LogP contribution in [0, 0.1) is 5.82 Å². The minimum absolute atomic E-state index is 0.0306. The number of benzene rings is 2. The van der Waals surface area contributed by atoms with Gasteiger partial charge in [0, 0.05) is 55.9 Å². The van der Waals surface area contributed by atoms with E-state index in [0.29, 0.717) is 36.8 Å². The Labute approximate surface area is 203 Å². The molecule has 3 aromatic rings. The van der Waals surface area contributed by atoms with Gasteiger partial charge >= 0.3 is 0 Å². The van der Waals surface area contributed by atoms with Crippen molar-refractivity contribution in [2.75, 3.05) is 39.3 Å². The van der Waals surface area contributed by atoms with E-state index in [1.54, 1.807) is 18.3 Å². The molecule has 8 heteroatoms. The lowest BCUT2D eigenvalue weighted by molar-refractivity contribution is -0.132. The second kappa shape index (κ2) is 9.76. The van der Waals surface area contributed by atoms with Crippen molar-refractivity contribution in [3.63, 3.8) is 0 Å². The van der Waals surface area contributed by atoms with Crippen molar-refractivity contribution < 1.29 is 14.0 Å². The SMILES string of the molecule is O=C(Cn1cc(C(=O)N2CCC(c3ccccc3F)CC2)c2ccc(Cl)cc21)N1CCNCC1. The molecule has 0 spiro atoms. The smallest absolute Gasteiger partial charge is 0.256 e. The summed E-state index contributed by atoms with van der Waals surface area (Å²) in [6.07, 6.45) is 3.23. The number of hydrogen-bond acceptors (Lipinski definition) is 3. The molecular formula is C26H28ClFN4O2. The first-order chi connectivity index (χ1) is 16.5. The van der Waals surface area contributed by atoms with E-state index in [1.165, 1.54) is 6.07 Å². The fourth-order valence-corrected chi connectivity index (χ4v) is 5.26. The molecule has 0 bridgehead atoms. The van der Waals surface area contributed by atoms with Crippen LogP contribution in [0.2, 0.25) is 5.02 Å². The van der Waals surface area contributed by atoms with E-state index in [2.05, 4.69) is 5.32 Å². The Morgan fingerprint density at radius 3 is 2.47 bits per heavy atom. The van der Waals surface area contributed by atoms with Crippen LogP contribution in [-0.2, 0) is 11.3 Å². The van der Waals surface area contributed by atoms with Crippen molar-refractivity contribution in [1.82, 2.24) is 19.7 Å². The summed E-state index contributed by atoms with van der Waals surface area (Å²) in [6.45, 7) is 4.24. The Hall–Kier alpha value is -2.90. The third kappa shape index (κ3) is 4.55. The van der Waals surface area contributed by atoms with Crippen LogP contribution in [0.1, 0.15) is 34.7 Å². The highest BCUT2D eigenvalue weighted by atomic mass is 35.5. The Balaban J connectivity index is 1.35. The number of piperidine rings is 1. The van der Waals surface area contributed by atoms with E-state index in [4.69, 9.17) is 11.6 Å². The number of amides is 2. The molecule has 2 aliphatic rings. The second-order valence-electron chi connectivity index (χ2n) is 9.05. The van der Waals surface area contributed by atoms with Crippen LogP contribution in [0.15, 0.2) is 48.7 Å². The molecule has 2 aliphatic heterocycles. The van der Waals surface area contributed by atoms with Gasteiger partial charge in [-0.2, -0.15) is 0 Å². The molecular weight excluding hydrogens is 455 g/mol. The van der Waals surface area contributed by atoms with Crippen LogP contribution < -0.4 is 5.32 Å². The summed E-state index contributed by atoms with van der Waals surface area (Å²) in [4.78, 5) is 30.1. The van der Waals surface area contributed by atoms with Gasteiger partial charge in [0.1, 0.15) is 12.4 Å². The van der Waals surface area contributed by atoms with Gasteiger partial charge in [0.2, 0.25) is 5.91 Å².